The lowest BCUT2D eigenvalue weighted by Gasteiger charge is -2.24. The van der Waals surface area contributed by atoms with Crippen LogP contribution in [0.2, 0.25) is 0 Å². The Balaban J connectivity index is 4.51. The van der Waals surface area contributed by atoms with E-state index in [-0.39, 0.29) is 24.9 Å². The standard InChI is InChI=1S/C58H111NO5/c1-4-7-10-13-16-19-22-24-26-27-28-29-31-33-36-39-42-45-48-51-58(63)64-54(49-46-43-40-37-35-32-30-25-23-20-17-14-11-8-5-2)52-57(62)59-55(53-60)56(61)50-47-44-41-38-34-21-18-15-12-9-6-3/h24-26,30,54-56,60-61H,4-23,27-29,31-53H2,1-3H3,(H,59,62)/b26-24+,30-25+. The molecule has 6 heteroatoms. The maximum atomic E-state index is 13.2. The van der Waals surface area contributed by atoms with E-state index in [1.807, 2.05) is 0 Å². The van der Waals surface area contributed by atoms with Crippen LogP contribution in [-0.2, 0) is 14.3 Å². The third-order valence-corrected chi connectivity index (χ3v) is 13.3. The lowest BCUT2D eigenvalue weighted by atomic mass is 10.0. The van der Waals surface area contributed by atoms with Crippen molar-refractivity contribution < 1.29 is 24.5 Å². The third kappa shape index (κ3) is 46.9. The van der Waals surface area contributed by atoms with E-state index < -0.39 is 18.2 Å². The van der Waals surface area contributed by atoms with Gasteiger partial charge >= 0.3 is 5.97 Å². The molecule has 0 bridgehead atoms. The molecule has 0 fully saturated rings. The summed E-state index contributed by atoms with van der Waals surface area (Å²) in [5.41, 5.74) is 0. The van der Waals surface area contributed by atoms with Crippen molar-refractivity contribution in [2.24, 2.45) is 0 Å². The molecule has 0 aliphatic carbocycles. The molecule has 64 heavy (non-hydrogen) atoms. The Morgan fingerprint density at radius 1 is 0.438 bits per heavy atom. The van der Waals surface area contributed by atoms with Crippen LogP contribution in [0, 0.1) is 0 Å². The fourth-order valence-corrected chi connectivity index (χ4v) is 8.89. The number of rotatable bonds is 52. The fourth-order valence-electron chi connectivity index (χ4n) is 8.89. The quantitative estimate of drug-likeness (QED) is 0.0321. The number of amides is 1. The smallest absolute Gasteiger partial charge is 0.306 e. The molecule has 3 N–H and O–H groups in total. The molecule has 6 nitrogen and oxygen atoms in total. The van der Waals surface area contributed by atoms with Crippen LogP contribution >= 0.6 is 0 Å². The van der Waals surface area contributed by atoms with E-state index in [4.69, 9.17) is 4.74 Å². The van der Waals surface area contributed by atoms with Gasteiger partial charge in [-0.05, 0) is 77.0 Å². The molecule has 378 valence electrons. The van der Waals surface area contributed by atoms with Gasteiger partial charge in [0.05, 0.1) is 25.2 Å². The Hall–Kier alpha value is -1.66. The molecular weight excluding hydrogens is 791 g/mol. The first-order chi connectivity index (χ1) is 31.5. The molecule has 0 saturated heterocycles. The summed E-state index contributed by atoms with van der Waals surface area (Å²) in [5.74, 6) is -0.468. The Labute approximate surface area is 399 Å². The number of hydrogen-bond acceptors (Lipinski definition) is 5. The van der Waals surface area contributed by atoms with Gasteiger partial charge in [-0.1, -0.05) is 244 Å². The van der Waals surface area contributed by atoms with Crippen molar-refractivity contribution in [1.82, 2.24) is 5.32 Å². The number of unbranched alkanes of at least 4 members (excludes halogenated alkanes) is 36. The van der Waals surface area contributed by atoms with Gasteiger partial charge in [0.25, 0.3) is 0 Å². The minimum absolute atomic E-state index is 0.0757. The number of aliphatic hydroxyl groups is 2. The van der Waals surface area contributed by atoms with E-state index in [0.717, 1.165) is 57.8 Å². The minimum atomic E-state index is -0.786. The van der Waals surface area contributed by atoms with Crippen LogP contribution in [0.1, 0.15) is 310 Å². The molecule has 0 aliphatic heterocycles. The largest absolute Gasteiger partial charge is 0.462 e. The molecule has 0 aromatic heterocycles. The van der Waals surface area contributed by atoms with Gasteiger partial charge in [-0.15, -0.1) is 0 Å². The zero-order valence-electron chi connectivity index (χ0n) is 43.2. The SMILES string of the molecule is CCCCCCCC/C=C/CCCCCCCCCCCC(=O)OC(CCCCCCC/C=C/CCCCCCCC)CC(=O)NC(CO)C(O)CCCCCCCCCCCCC. The highest BCUT2D eigenvalue weighted by Gasteiger charge is 2.24. The molecule has 0 aromatic rings. The van der Waals surface area contributed by atoms with E-state index in [9.17, 15) is 19.8 Å². The Bertz CT molecular complexity index is 1010. The van der Waals surface area contributed by atoms with Crippen molar-refractivity contribution in [1.29, 1.82) is 0 Å². The first-order valence-corrected chi connectivity index (χ1v) is 28.6. The van der Waals surface area contributed by atoms with E-state index in [1.54, 1.807) is 0 Å². The molecule has 0 radical (unpaired) electrons. The highest BCUT2D eigenvalue weighted by Crippen LogP contribution is 2.18. The Morgan fingerprint density at radius 2 is 0.750 bits per heavy atom. The normalized spacial score (nSPS) is 13.3. The van der Waals surface area contributed by atoms with Crippen LogP contribution in [0.25, 0.3) is 0 Å². The van der Waals surface area contributed by atoms with Gasteiger partial charge in [0.1, 0.15) is 6.10 Å². The molecular formula is C58H111NO5. The average molecular weight is 903 g/mol. The van der Waals surface area contributed by atoms with E-state index in [1.165, 1.54) is 205 Å². The van der Waals surface area contributed by atoms with Crippen molar-refractivity contribution in [3.8, 4) is 0 Å². The van der Waals surface area contributed by atoms with Crippen LogP contribution in [0.5, 0.6) is 0 Å². The van der Waals surface area contributed by atoms with Gasteiger partial charge in [-0.25, -0.2) is 0 Å². The molecule has 0 saturated carbocycles. The number of hydrogen-bond donors (Lipinski definition) is 3. The number of carbonyl (C=O) groups excluding carboxylic acids is 2. The van der Waals surface area contributed by atoms with Gasteiger partial charge < -0.3 is 20.3 Å². The number of carbonyl (C=O) groups is 2. The zero-order chi connectivity index (χ0) is 46.7. The van der Waals surface area contributed by atoms with Crippen LogP contribution in [0.3, 0.4) is 0 Å². The van der Waals surface area contributed by atoms with Gasteiger partial charge in [-0.2, -0.15) is 0 Å². The number of aliphatic hydroxyl groups excluding tert-OH is 2. The fraction of sp³-hybridized carbons (Fsp3) is 0.897. The van der Waals surface area contributed by atoms with Gasteiger partial charge in [0, 0.05) is 6.42 Å². The van der Waals surface area contributed by atoms with Crippen molar-refractivity contribution in [2.45, 2.75) is 328 Å². The van der Waals surface area contributed by atoms with Gasteiger partial charge in [0.15, 0.2) is 0 Å². The van der Waals surface area contributed by atoms with Crippen molar-refractivity contribution >= 4 is 11.9 Å². The monoisotopic (exact) mass is 902 g/mol. The predicted octanol–water partition coefficient (Wildman–Crippen LogP) is 17.5. The predicted molar refractivity (Wildman–Crippen MR) is 278 cm³/mol. The van der Waals surface area contributed by atoms with Crippen LogP contribution in [0.15, 0.2) is 24.3 Å². The molecule has 0 aliphatic rings. The number of ether oxygens (including phenoxy) is 1. The molecule has 0 heterocycles. The van der Waals surface area contributed by atoms with Crippen LogP contribution < -0.4 is 5.32 Å². The van der Waals surface area contributed by atoms with Crippen LogP contribution in [0.4, 0.5) is 0 Å². The molecule has 0 spiro atoms. The summed E-state index contributed by atoms with van der Waals surface area (Å²) in [5, 5.41) is 23.8. The first-order valence-electron chi connectivity index (χ1n) is 28.6. The number of esters is 1. The summed E-state index contributed by atoms with van der Waals surface area (Å²) >= 11 is 0. The maximum absolute atomic E-state index is 13.2. The van der Waals surface area contributed by atoms with Gasteiger partial charge in [-0.3, -0.25) is 9.59 Å². The van der Waals surface area contributed by atoms with E-state index >= 15 is 0 Å². The average Bonchev–Trinajstić information content (AvgIpc) is 3.29. The van der Waals surface area contributed by atoms with E-state index in [0.29, 0.717) is 19.3 Å². The Morgan fingerprint density at radius 3 is 1.11 bits per heavy atom. The van der Waals surface area contributed by atoms with Crippen molar-refractivity contribution in [3.63, 3.8) is 0 Å². The summed E-state index contributed by atoms with van der Waals surface area (Å²) in [4.78, 5) is 26.2. The third-order valence-electron chi connectivity index (χ3n) is 13.3. The summed E-state index contributed by atoms with van der Waals surface area (Å²) < 4.78 is 5.96. The summed E-state index contributed by atoms with van der Waals surface area (Å²) in [6.45, 7) is 6.50. The molecule has 3 atom stereocenters. The molecule has 0 aromatic carbocycles. The first kappa shape index (κ1) is 62.3. The minimum Gasteiger partial charge on any atom is -0.462 e. The summed E-state index contributed by atoms with van der Waals surface area (Å²) in [7, 11) is 0. The summed E-state index contributed by atoms with van der Waals surface area (Å²) in [6, 6.07) is -0.700. The maximum Gasteiger partial charge on any atom is 0.306 e. The number of nitrogens with one attached hydrogen (secondary N) is 1. The zero-order valence-corrected chi connectivity index (χ0v) is 43.2. The van der Waals surface area contributed by atoms with E-state index in [2.05, 4.69) is 50.4 Å². The highest BCUT2D eigenvalue weighted by atomic mass is 16.5. The second-order valence-corrected chi connectivity index (χ2v) is 19.7. The topological polar surface area (TPSA) is 95.9 Å². The second-order valence-electron chi connectivity index (χ2n) is 19.7. The van der Waals surface area contributed by atoms with Crippen molar-refractivity contribution in [2.75, 3.05) is 6.61 Å². The summed E-state index contributed by atoms with van der Waals surface area (Å²) in [6.07, 6.45) is 61.0. The second kappa shape index (κ2) is 52.3. The molecule has 3 unspecified atom stereocenters. The highest BCUT2D eigenvalue weighted by molar-refractivity contribution is 5.77. The lowest BCUT2D eigenvalue weighted by molar-refractivity contribution is -0.151. The molecule has 1 amide bonds. The van der Waals surface area contributed by atoms with Crippen LogP contribution in [-0.4, -0.2) is 46.9 Å². The van der Waals surface area contributed by atoms with Crippen molar-refractivity contribution in [3.05, 3.63) is 24.3 Å². The lowest BCUT2D eigenvalue weighted by Crippen LogP contribution is -2.46. The van der Waals surface area contributed by atoms with Gasteiger partial charge in [0.2, 0.25) is 5.91 Å². The molecule has 0 rings (SSSR count). The Kier molecular flexibility index (Phi) is 51.0. The number of allylic oxidation sites excluding steroid dienone is 4.